The zero-order chi connectivity index (χ0) is 42.8. The predicted octanol–water partition coefficient (Wildman–Crippen LogP) is 7.40. The van der Waals surface area contributed by atoms with Gasteiger partial charge in [-0.2, -0.15) is 0 Å². The van der Waals surface area contributed by atoms with Crippen LogP contribution in [0.15, 0.2) is 0 Å². The largest absolute Gasteiger partial charge is 0.519 e. The Bertz CT molecular complexity index is 760. The van der Waals surface area contributed by atoms with Crippen molar-refractivity contribution in [1.82, 2.24) is 9.80 Å². The molecule has 0 rings (SSSR count). The van der Waals surface area contributed by atoms with Crippen molar-refractivity contribution in [3.05, 3.63) is 0 Å². The molecule has 0 saturated carbocycles. The molecule has 0 aliphatic carbocycles. The summed E-state index contributed by atoms with van der Waals surface area (Å²) in [4.78, 5) is 5.00. The van der Waals surface area contributed by atoms with Crippen molar-refractivity contribution < 1.29 is 53.1 Å². The van der Waals surface area contributed by atoms with Crippen LogP contribution in [0.3, 0.4) is 0 Å². The van der Waals surface area contributed by atoms with E-state index < -0.39 is 41.4 Å². The first-order chi connectivity index (χ1) is 26.9. The Hall–Kier alpha value is 0.308. The fraction of sp³-hybridized carbons (Fsp3) is 1.00. The predicted molar refractivity (Wildman–Crippen MR) is 232 cm³/mol. The van der Waals surface area contributed by atoms with Crippen LogP contribution >= 0.6 is 0 Å². The van der Waals surface area contributed by atoms with Gasteiger partial charge < -0.3 is 53.1 Å². The van der Waals surface area contributed by atoms with E-state index in [0.29, 0.717) is 105 Å². The fourth-order valence-corrected chi connectivity index (χ4v) is 21.8. The average molecular weight is 877 g/mol. The molecule has 0 aliphatic heterocycles. The van der Waals surface area contributed by atoms with Gasteiger partial charge >= 0.3 is 35.2 Å². The van der Waals surface area contributed by atoms with Crippen molar-refractivity contribution >= 4 is 35.2 Å². The first kappa shape index (κ1) is 56.3. The van der Waals surface area contributed by atoms with E-state index >= 15 is 0 Å². The second-order valence-corrected chi connectivity index (χ2v) is 23.8. The molecular formula is C38H88N2O12Si4. The lowest BCUT2D eigenvalue weighted by Gasteiger charge is -2.56. The van der Waals surface area contributed by atoms with Gasteiger partial charge in [-0.15, -0.1) is 0 Å². The number of hydrogen-bond donors (Lipinski definition) is 0. The molecule has 0 heterocycles. The lowest BCUT2D eigenvalue weighted by Crippen LogP contribution is -2.78. The van der Waals surface area contributed by atoms with Gasteiger partial charge in [-0.3, -0.25) is 9.80 Å². The van der Waals surface area contributed by atoms with Crippen LogP contribution < -0.4 is 0 Å². The smallest absolute Gasteiger partial charge is 0.373 e. The molecule has 4 atom stereocenters. The van der Waals surface area contributed by atoms with Crippen molar-refractivity contribution in [1.29, 1.82) is 0 Å². The quantitative estimate of drug-likeness (QED) is 0.0453. The van der Waals surface area contributed by atoms with Crippen LogP contribution in [0.2, 0.25) is 0 Å². The SMILES string of the molecule is CCO[Si](OCC)(OCC)C(CC)N(C(C)N(C(CC)[Si](OCC)(OCC)OCC)C(CC)[Si](OCC)(OCC)OCC)C(CC)[Si](OCC)(OCC)OCC. The topological polar surface area (TPSA) is 117 Å². The highest BCUT2D eigenvalue weighted by Gasteiger charge is 2.65. The van der Waals surface area contributed by atoms with Gasteiger partial charge in [0.15, 0.2) is 0 Å². The van der Waals surface area contributed by atoms with Gasteiger partial charge in [0.05, 0.1) is 28.8 Å². The van der Waals surface area contributed by atoms with Crippen LogP contribution in [0, 0.1) is 0 Å². The molecule has 0 fully saturated rings. The second kappa shape index (κ2) is 30.4. The molecule has 4 unspecified atom stereocenters. The monoisotopic (exact) mass is 877 g/mol. The average Bonchev–Trinajstić information content (AvgIpc) is 3.15. The number of hydrogen-bond acceptors (Lipinski definition) is 14. The first-order valence-corrected chi connectivity index (χ1v) is 29.3. The van der Waals surface area contributed by atoms with Crippen LogP contribution in [0.4, 0.5) is 0 Å². The Balaban J connectivity index is 9.12. The summed E-state index contributed by atoms with van der Waals surface area (Å²) >= 11 is 0. The molecule has 0 radical (unpaired) electrons. The number of nitrogens with zero attached hydrogens (tertiary/aromatic N) is 2. The van der Waals surface area contributed by atoms with Crippen molar-refractivity contribution in [2.24, 2.45) is 0 Å². The molecule has 0 spiro atoms. The van der Waals surface area contributed by atoms with Gasteiger partial charge in [-0.25, -0.2) is 0 Å². The maximum atomic E-state index is 6.80. The Labute approximate surface area is 348 Å². The van der Waals surface area contributed by atoms with Crippen LogP contribution in [-0.2, 0) is 53.1 Å². The van der Waals surface area contributed by atoms with Gasteiger partial charge in [-0.05, 0) is 116 Å². The van der Waals surface area contributed by atoms with E-state index in [1.165, 1.54) is 0 Å². The first-order valence-electron chi connectivity index (χ1n) is 22.1. The van der Waals surface area contributed by atoms with E-state index in [1.807, 2.05) is 83.1 Å². The van der Waals surface area contributed by atoms with Gasteiger partial charge in [0.2, 0.25) is 0 Å². The van der Waals surface area contributed by atoms with Gasteiger partial charge in [0.1, 0.15) is 0 Å². The highest BCUT2D eigenvalue weighted by molar-refractivity contribution is 6.65. The summed E-state index contributed by atoms with van der Waals surface area (Å²) < 4.78 is 81.6. The summed E-state index contributed by atoms with van der Waals surface area (Å²) in [7, 11) is -14.0. The summed E-state index contributed by atoms with van der Waals surface area (Å²) in [5.74, 6) is 0. The molecule has 338 valence electrons. The molecular weight excluding hydrogens is 789 g/mol. The van der Waals surface area contributed by atoms with Gasteiger partial charge in [-0.1, -0.05) is 27.7 Å². The van der Waals surface area contributed by atoms with Crippen LogP contribution in [0.5, 0.6) is 0 Å². The minimum absolute atomic E-state index is 0.349. The number of rotatable bonds is 38. The van der Waals surface area contributed by atoms with Crippen LogP contribution in [0.1, 0.15) is 143 Å². The standard InChI is InChI=1S/C38H88N2O12Si4/c1-18-35(53(41-22-5,42-23-6)43-24-7)39(36(19-2)54(44-25-8,45-26-9)46-27-10)34(17)40(37(20-3)55(47-28-11,48-29-12)49-30-13)38(21-4)56(50-31-14,51-32-15)52-33-16/h34-38H,18-33H2,1-17H3. The summed E-state index contributed by atoms with van der Waals surface area (Å²) in [6.07, 6.45) is 2.19. The van der Waals surface area contributed by atoms with Crippen molar-refractivity contribution in [2.45, 2.75) is 172 Å². The molecule has 0 bridgehead atoms. The summed E-state index contributed by atoms with van der Waals surface area (Å²) in [5, 5.41) is 0. The van der Waals surface area contributed by atoms with E-state index in [0.717, 1.165) is 0 Å². The fourth-order valence-electron chi connectivity index (χ4n) is 8.27. The lowest BCUT2D eigenvalue weighted by atomic mass is 10.2. The Morgan fingerprint density at radius 1 is 0.268 bits per heavy atom. The Morgan fingerprint density at radius 2 is 0.393 bits per heavy atom. The molecule has 18 heteroatoms. The summed E-state index contributed by atoms with van der Waals surface area (Å²) in [6.45, 7) is 40.1. The molecule has 0 aliphatic rings. The molecule has 0 saturated heterocycles. The molecule has 14 nitrogen and oxygen atoms in total. The third-order valence-corrected chi connectivity index (χ3v) is 24.0. The maximum absolute atomic E-state index is 6.80. The highest BCUT2D eigenvalue weighted by atomic mass is 28.4. The van der Waals surface area contributed by atoms with Gasteiger partial charge in [0, 0.05) is 79.3 Å². The van der Waals surface area contributed by atoms with Crippen molar-refractivity contribution in [3.8, 4) is 0 Å². The van der Waals surface area contributed by atoms with E-state index in [9.17, 15) is 0 Å². The van der Waals surface area contributed by atoms with Gasteiger partial charge in [0.25, 0.3) is 0 Å². The third-order valence-electron chi connectivity index (χ3n) is 9.63. The van der Waals surface area contributed by atoms with Crippen molar-refractivity contribution in [3.63, 3.8) is 0 Å². The van der Waals surface area contributed by atoms with E-state index in [1.54, 1.807) is 0 Å². The van der Waals surface area contributed by atoms with E-state index in [2.05, 4.69) is 44.4 Å². The second-order valence-electron chi connectivity index (χ2n) is 12.8. The minimum atomic E-state index is -3.51. The normalized spacial score (nSPS) is 16.1. The Kier molecular flexibility index (Phi) is 30.5. The lowest BCUT2D eigenvalue weighted by molar-refractivity contribution is -0.0794. The van der Waals surface area contributed by atoms with Crippen molar-refractivity contribution in [2.75, 3.05) is 79.3 Å². The molecule has 0 aromatic rings. The molecule has 0 aromatic heterocycles. The highest BCUT2D eigenvalue weighted by Crippen LogP contribution is 2.39. The Morgan fingerprint density at radius 3 is 0.482 bits per heavy atom. The van der Waals surface area contributed by atoms with E-state index in [4.69, 9.17) is 53.1 Å². The zero-order valence-electron chi connectivity index (χ0n) is 39.0. The molecule has 0 aromatic carbocycles. The molecule has 56 heavy (non-hydrogen) atoms. The van der Waals surface area contributed by atoms with E-state index in [-0.39, 0.29) is 22.7 Å². The zero-order valence-corrected chi connectivity index (χ0v) is 43.0. The van der Waals surface area contributed by atoms with Crippen LogP contribution in [0.25, 0.3) is 0 Å². The van der Waals surface area contributed by atoms with Crippen LogP contribution in [-0.4, -0.2) is 153 Å². The molecule has 0 amide bonds. The minimum Gasteiger partial charge on any atom is -0.373 e. The summed E-state index contributed by atoms with van der Waals surface area (Å²) in [5.41, 5.74) is -1.40. The third kappa shape index (κ3) is 14.2. The maximum Gasteiger partial charge on any atom is 0.519 e. The summed E-state index contributed by atoms with van der Waals surface area (Å²) in [6, 6.07) is 0. The molecule has 0 N–H and O–H groups in total.